The number of nitrogens with two attached hydrogens (primary N) is 1. The largest absolute Gasteiger partial charge is 0.457 e. The van der Waals surface area contributed by atoms with Crippen molar-refractivity contribution in [3.8, 4) is 11.5 Å². The van der Waals surface area contributed by atoms with E-state index < -0.39 is 0 Å². The number of hydrazine groups is 1. The monoisotopic (exact) mass is 401 g/mol. The van der Waals surface area contributed by atoms with Gasteiger partial charge in [0.05, 0.1) is 18.8 Å². The molecule has 0 aliphatic carbocycles. The van der Waals surface area contributed by atoms with Gasteiger partial charge < -0.3 is 15.1 Å². The molecule has 0 unspecified atom stereocenters. The molecule has 0 spiro atoms. The van der Waals surface area contributed by atoms with Crippen LogP contribution in [0.25, 0.3) is 0 Å². The van der Waals surface area contributed by atoms with Crippen molar-refractivity contribution in [3.63, 3.8) is 0 Å². The highest BCUT2D eigenvalue weighted by Gasteiger charge is 2.07. The van der Waals surface area contributed by atoms with Crippen LogP contribution in [0.5, 0.6) is 11.5 Å². The van der Waals surface area contributed by atoms with Gasteiger partial charge in [-0.05, 0) is 48.7 Å². The second kappa shape index (κ2) is 10.5. The first-order chi connectivity index (χ1) is 14.6. The number of nitrogens with zero attached hydrogens (tertiary/aromatic N) is 3. The zero-order valence-electron chi connectivity index (χ0n) is 16.4. The van der Waals surface area contributed by atoms with Gasteiger partial charge in [0.15, 0.2) is 0 Å². The molecule has 3 N–H and O–H groups in total. The van der Waals surface area contributed by atoms with Crippen molar-refractivity contribution in [3.05, 3.63) is 102 Å². The van der Waals surface area contributed by atoms with E-state index in [9.17, 15) is 4.79 Å². The Hall–Kier alpha value is -3.97. The minimum absolute atomic E-state index is 0.184. The molecule has 2 aromatic carbocycles. The third-order valence-electron chi connectivity index (χ3n) is 4.09. The number of amides is 1. The molecule has 0 aliphatic heterocycles. The zero-order valence-corrected chi connectivity index (χ0v) is 16.4. The Morgan fingerprint density at radius 3 is 2.60 bits per heavy atom. The van der Waals surface area contributed by atoms with E-state index in [1.165, 1.54) is 5.01 Å². The molecule has 1 aromatic heterocycles. The lowest BCUT2D eigenvalue weighted by Crippen LogP contribution is -2.29. The number of para-hydroxylation sites is 1. The number of hydrogen-bond donors (Lipinski definition) is 2. The van der Waals surface area contributed by atoms with Gasteiger partial charge in [-0.1, -0.05) is 36.4 Å². The molecule has 7 heteroatoms. The van der Waals surface area contributed by atoms with Crippen molar-refractivity contribution in [1.82, 2.24) is 15.3 Å². The first kappa shape index (κ1) is 20.8. The Morgan fingerprint density at radius 2 is 1.87 bits per heavy atom. The molecule has 0 bridgehead atoms. The molecule has 7 nitrogen and oxygen atoms in total. The van der Waals surface area contributed by atoms with Crippen LogP contribution < -0.4 is 15.9 Å². The summed E-state index contributed by atoms with van der Waals surface area (Å²) in [5.41, 5.74) is 1.82. The van der Waals surface area contributed by atoms with Crippen LogP contribution in [0.3, 0.4) is 0 Å². The van der Waals surface area contributed by atoms with Crippen molar-refractivity contribution >= 4 is 12.6 Å². The highest BCUT2D eigenvalue weighted by molar-refractivity contribution is 5.92. The number of aliphatic imine (C=N–C) groups is 1. The van der Waals surface area contributed by atoms with Crippen LogP contribution >= 0.6 is 0 Å². The van der Waals surface area contributed by atoms with E-state index >= 15 is 0 Å². The second-order valence-corrected chi connectivity index (χ2v) is 6.41. The number of benzene rings is 2. The molecule has 3 rings (SSSR count). The average molecular weight is 401 g/mol. The third kappa shape index (κ3) is 6.29. The van der Waals surface area contributed by atoms with Crippen LogP contribution in [-0.2, 0) is 6.54 Å². The Balaban J connectivity index is 1.58. The molecule has 30 heavy (non-hydrogen) atoms. The van der Waals surface area contributed by atoms with Crippen molar-refractivity contribution in [2.75, 3.05) is 6.54 Å². The molecule has 1 amide bonds. The summed E-state index contributed by atoms with van der Waals surface area (Å²) in [5.74, 6) is 7.30. The molecule has 0 saturated heterocycles. The quantitative estimate of drug-likeness (QED) is 0.325. The molecule has 0 radical (unpaired) electrons. The van der Waals surface area contributed by atoms with Gasteiger partial charge in [-0.2, -0.15) is 0 Å². The number of hydrogen-bond acceptors (Lipinski definition) is 6. The lowest BCUT2D eigenvalue weighted by atomic mass is 10.2. The molecule has 1 heterocycles. The van der Waals surface area contributed by atoms with Crippen LogP contribution in [-0.4, -0.2) is 29.2 Å². The Kier molecular flexibility index (Phi) is 7.29. The summed E-state index contributed by atoms with van der Waals surface area (Å²) in [7, 11) is 0. The van der Waals surface area contributed by atoms with Gasteiger partial charge in [-0.25, -0.2) is 5.84 Å². The normalized spacial score (nSPS) is 10.9. The van der Waals surface area contributed by atoms with E-state index in [0.717, 1.165) is 17.1 Å². The molecule has 0 saturated carbocycles. The summed E-state index contributed by atoms with van der Waals surface area (Å²) < 4.78 is 5.85. The van der Waals surface area contributed by atoms with E-state index in [1.807, 2.05) is 54.6 Å². The molecular formula is C23H23N5O2. The fraction of sp³-hybridized carbons (Fsp3) is 0.0870. The molecular weight excluding hydrogens is 378 g/mol. The molecule has 0 fully saturated rings. The Bertz CT molecular complexity index is 1010. The highest BCUT2D eigenvalue weighted by Crippen LogP contribution is 2.22. The summed E-state index contributed by atoms with van der Waals surface area (Å²) in [5, 5.41) is 4.23. The predicted molar refractivity (Wildman–Crippen MR) is 117 cm³/mol. The first-order valence-corrected chi connectivity index (χ1v) is 9.34. The maximum Gasteiger partial charge on any atom is 0.270 e. The number of pyridine rings is 1. The number of ether oxygens (including phenoxy) is 1. The molecule has 152 valence electrons. The van der Waals surface area contributed by atoms with E-state index in [4.69, 9.17) is 10.6 Å². The second-order valence-electron chi connectivity index (χ2n) is 6.41. The molecule has 3 aromatic rings. The predicted octanol–water partition coefficient (Wildman–Crippen LogP) is 3.52. The van der Waals surface area contributed by atoms with Crippen LogP contribution in [0.1, 0.15) is 16.1 Å². The minimum Gasteiger partial charge on any atom is -0.457 e. The number of carbonyl (C=O) groups is 1. The number of rotatable bonds is 9. The average Bonchev–Trinajstić information content (AvgIpc) is 2.78. The maximum absolute atomic E-state index is 12.1. The standard InChI is InChI=1S/C23H23N5O2/c1-25-19(15-27-23(29)22-12-5-6-13-26-22)17-28(24)16-18-8-7-11-21(14-18)30-20-9-3-2-4-10-20/h2-14,17H,1,15-16,24H2,(H,27,29)/b19-17-. The number of nitrogens with one attached hydrogen (secondary N) is 1. The van der Waals surface area contributed by atoms with Crippen molar-refractivity contribution < 1.29 is 9.53 Å². The molecule has 0 aliphatic rings. The lowest BCUT2D eigenvalue weighted by molar-refractivity contribution is 0.0951. The van der Waals surface area contributed by atoms with Gasteiger partial charge in [0, 0.05) is 12.4 Å². The minimum atomic E-state index is -0.292. The van der Waals surface area contributed by atoms with Crippen LogP contribution in [0.2, 0.25) is 0 Å². The van der Waals surface area contributed by atoms with E-state index in [-0.39, 0.29) is 12.5 Å². The Labute approximate surface area is 175 Å². The summed E-state index contributed by atoms with van der Waals surface area (Å²) in [4.78, 5) is 20.1. The number of aromatic nitrogens is 1. The SMILES string of the molecule is C=N/C(=C\N(N)Cc1cccc(Oc2ccccc2)c1)CNC(=O)c1ccccn1. The van der Waals surface area contributed by atoms with Gasteiger partial charge in [0.25, 0.3) is 5.91 Å². The van der Waals surface area contributed by atoms with Gasteiger partial charge in [-0.15, -0.1) is 0 Å². The van der Waals surface area contributed by atoms with Crippen molar-refractivity contribution in [1.29, 1.82) is 0 Å². The van der Waals surface area contributed by atoms with E-state index in [2.05, 4.69) is 22.0 Å². The topological polar surface area (TPSA) is 92.8 Å². The summed E-state index contributed by atoms with van der Waals surface area (Å²) in [6.45, 7) is 4.16. The van der Waals surface area contributed by atoms with Crippen LogP contribution in [0.15, 0.2) is 95.9 Å². The first-order valence-electron chi connectivity index (χ1n) is 9.34. The Morgan fingerprint density at radius 1 is 1.10 bits per heavy atom. The third-order valence-corrected chi connectivity index (χ3v) is 4.09. The number of carbonyl (C=O) groups excluding carboxylic acids is 1. The van der Waals surface area contributed by atoms with Crippen molar-refractivity contribution in [2.45, 2.75) is 6.54 Å². The summed E-state index contributed by atoms with van der Waals surface area (Å²) in [6, 6.07) is 22.4. The van der Waals surface area contributed by atoms with Crippen LogP contribution in [0, 0.1) is 0 Å². The van der Waals surface area contributed by atoms with Crippen molar-refractivity contribution in [2.24, 2.45) is 10.8 Å². The summed E-state index contributed by atoms with van der Waals surface area (Å²) >= 11 is 0. The highest BCUT2D eigenvalue weighted by atomic mass is 16.5. The van der Waals surface area contributed by atoms with Gasteiger partial charge >= 0.3 is 0 Å². The van der Waals surface area contributed by atoms with Gasteiger partial charge in [0.2, 0.25) is 0 Å². The fourth-order valence-corrected chi connectivity index (χ4v) is 2.68. The van der Waals surface area contributed by atoms with Gasteiger partial charge in [0.1, 0.15) is 17.2 Å². The summed E-state index contributed by atoms with van der Waals surface area (Å²) in [6.07, 6.45) is 3.20. The van der Waals surface area contributed by atoms with E-state index in [0.29, 0.717) is 17.9 Å². The van der Waals surface area contributed by atoms with E-state index in [1.54, 1.807) is 30.6 Å². The lowest BCUT2D eigenvalue weighted by Gasteiger charge is -2.16. The maximum atomic E-state index is 12.1. The smallest absolute Gasteiger partial charge is 0.270 e. The van der Waals surface area contributed by atoms with Crippen LogP contribution in [0.4, 0.5) is 0 Å². The zero-order chi connectivity index (χ0) is 21.2. The van der Waals surface area contributed by atoms with Gasteiger partial charge in [-0.3, -0.25) is 14.8 Å². The fourth-order valence-electron chi connectivity index (χ4n) is 2.68. The molecule has 0 atom stereocenters.